The average Bonchev–Trinajstić information content (AvgIpc) is 2.73. The first-order valence-corrected chi connectivity index (χ1v) is 4.56. The summed E-state index contributed by atoms with van der Waals surface area (Å²) < 4.78 is 4.64. The van der Waals surface area contributed by atoms with Gasteiger partial charge >= 0.3 is 7.32 Å². The van der Waals surface area contributed by atoms with Gasteiger partial charge in [-0.2, -0.15) is 0 Å². The maximum atomic E-state index is 8.48. The third-order valence-electron chi connectivity index (χ3n) is 1.65. The number of hydrogen-bond donors (Lipinski definition) is 2. The molecule has 64 valence electrons. The molecule has 1 aromatic rings. The highest BCUT2D eigenvalue weighted by molar-refractivity contribution is 7.13. The van der Waals surface area contributed by atoms with E-state index < -0.39 is 7.32 Å². The molecular formula is C6H8BNO3S. The van der Waals surface area contributed by atoms with E-state index in [0.717, 1.165) is 5.01 Å². The number of aromatic nitrogens is 1. The molecular weight excluding hydrogens is 177 g/mol. The summed E-state index contributed by atoms with van der Waals surface area (Å²) in [5.74, 6) is 0.586. The summed E-state index contributed by atoms with van der Waals surface area (Å²) in [5.41, 5.74) is 0. The molecule has 2 rings (SSSR count). The highest BCUT2D eigenvalue weighted by Crippen LogP contribution is 2.43. The largest absolute Gasteiger partial charge is 0.708 e. The number of nitrogens with zero attached hydrogens (tertiary/aromatic N) is 1. The van der Waals surface area contributed by atoms with E-state index in [1.165, 1.54) is 30.4 Å². The molecule has 1 saturated carbocycles. The van der Waals surface area contributed by atoms with Crippen molar-refractivity contribution in [1.29, 1.82) is 0 Å². The van der Waals surface area contributed by atoms with Gasteiger partial charge in [0.15, 0.2) is 5.06 Å². The van der Waals surface area contributed by atoms with Gasteiger partial charge in [0.05, 0.1) is 11.2 Å². The van der Waals surface area contributed by atoms with Gasteiger partial charge in [-0.05, 0) is 12.8 Å². The van der Waals surface area contributed by atoms with Crippen LogP contribution in [0.15, 0.2) is 6.20 Å². The zero-order chi connectivity index (χ0) is 8.55. The van der Waals surface area contributed by atoms with Crippen LogP contribution >= 0.6 is 11.3 Å². The minimum Gasteiger partial charge on any atom is -0.503 e. The first-order valence-electron chi connectivity index (χ1n) is 3.74. The second-order valence-corrected chi connectivity index (χ2v) is 3.76. The van der Waals surface area contributed by atoms with Crippen LogP contribution in [-0.4, -0.2) is 22.4 Å². The Hall–Kier alpha value is -0.585. The summed E-state index contributed by atoms with van der Waals surface area (Å²) in [6.45, 7) is 0. The van der Waals surface area contributed by atoms with Crippen molar-refractivity contribution in [3.63, 3.8) is 0 Å². The van der Waals surface area contributed by atoms with Crippen LogP contribution in [0.3, 0.4) is 0 Å². The molecule has 0 bridgehead atoms. The van der Waals surface area contributed by atoms with Crippen LogP contribution < -0.4 is 4.65 Å². The molecule has 0 radical (unpaired) electrons. The Morgan fingerprint density at radius 1 is 1.58 bits per heavy atom. The standard InChI is InChI=1S/C6H8BNO3S/c9-7(10)11-5-3-8-6(12-5)4-1-2-4/h3-4,9-10H,1-2H2. The van der Waals surface area contributed by atoms with Crippen LogP contribution in [0, 0.1) is 0 Å². The monoisotopic (exact) mass is 185 g/mol. The van der Waals surface area contributed by atoms with Crippen LogP contribution in [0.4, 0.5) is 0 Å². The van der Waals surface area contributed by atoms with E-state index >= 15 is 0 Å². The van der Waals surface area contributed by atoms with E-state index in [1.54, 1.807) is 0 Å². The highest BCUT2D eigenvalue weighted by Gasteiger charge is 2.27. The fourth-order valence-electron chi connectivity index (χ4n) is 0.949. The Labute approximate surface area is 74.0 Å². The van der Waals surface area contributed by atoms with Gasteiger partial charge in [0.2, 0.25) is 0 Å². The van der Waals surface area contributed by atoms with Gasteiger partial charge < -0.3 is 14.7 Å². The summed E-state index contributed by atoms with van der Waals surface area (Å²) >= 11 is 1.38. The number of rotatable bonds is 3. The molecule has 1 aromatic heterocycles. The van der Waals surface area contributed by atoms with E-state index in [4.69, 9.17) is 10.0 Å². The quantitative estimate of drug-likeness (QED) is 0.667. The lowest BCUT2D eigenvalue weighted by atomic mass is 10.3. The van der Waals surface area contributed by atoms with Crippen molar-refractivity contribution in [1.82, 2.24) is 4.98 Å². The molecule has 0 aliphatic heterocycles. The van der Waals surface area contributed by atoms with Crippen molar-refractivity contribution < 1.29 is 14.7 Å². The van der Waals surface area contributed by atoms with Crippen molar-refractivity contribution in [2.45, 2.75) is 18.8 Å². The molecule has 0 amide bonds. The fraction of sp³-hybridized carbons (Fsp3) is 0.500. The lowest BCUT2D eigenvalue weighted by molar-refractivity contribution is 0.291. The van der Waals surface area contributed by atoms with E-state index in [1.807, 2.05) is 0 Å². The Balaban J connectivity index is 2.03. The SMILES string of the molecule is OB(O)Oc1cnc(C2CC2)s1. The third-order valence-corrected chi connectivity index (χ3v) is 2.70. The normalized spacial score (nSPS) is 16.2. The fourth-order valence-corrected chi connectivity index (χ4v) is 1.90. The van der Waals surface area contributed by atoms with Crippen LogP contribution in [0.25, 0.3) is 0 Å². The van der Waals surface area contributed by atoms with Crippen molar-refractivity contribution in [2.24, 2.45) is 0 Å². The smallest absolute Gasteiger partial charge is 0.503 e. The molecule has 12 heavy (non-hydrogen) atoms. The highest BCUT2D eigenvalue weighted by atomic mass is 32.1. The summed E-state index contributed by atoms with van der Waals surface area (Å²) in [5, 5.41) is 18.5. The van der Waals surface area contributed by atoms with Gasteiger partial charge in [-0.3, -0.25) is 0 Å². The van der Waals surface area contributed by atoms with Crippen molar-refractivity contribution in [3.05, 3.63) is 11.2 Å². The van der Waals surface area contributed by atoms with E-state index in [-0.39, 0.29) is 0 Å². The van der Waals surface area contributed by atoms with Crippen LogP contribution in [0.5, 0.6) is 5.06 Å². The van der Waals surface area contributed by atoms with E-state index in [9.17, 15) is 0 Å². The summed E-state index contributed by atoms with van der Waals surface area (Å²) in [6.07, 6.45) is 3.90. The minimum atomic E-state index is -1.74. The Bertz CT molecular complexity index is 274. The van der Waals surface area contributed by atoms with Crippen molar-refractivity contribution in [3.8, 4) is 5.06 Å². The first-order chi connectivity index (χ1) is 5.75. The third kappa shape index (κ3) is 1.77. The molecule has 1 fully saturated rings. The van der Waals surface area contributed by atoms with E-state index in [2.05, 4.69) is 9.64 Å². The second-order valence-electron chi connectivity index (χ2n) is 2.74. The summed E-state index contributed by atoms with van der Waals surface area (Å²) in [7, 11) is -1.74. The molecule has 1 aliphatic rings. The van der Waals surface area contributed by atoms with E-state index in [0.29, 0.717) is 11.0 Å². The summed E-state index contributed by atoms with van der Waals surface area (Å²) in [6, 6.07) is 0. The van der Waals surface area contributed by atoms with Gasteiger partial charge in [-0.15, -0.1) is 0 Å². The maximum Gasteiger partial charge on any atom is 0.708 e. The predicted octanol–water partition coefficient (Wildman–Crippen LogP) is 0.369. The molecule has 4 nitrogen and oxygen atoms in total. The Morgan fingerprint density at radius 2 is 2.33 bits per heavy atom. The summed E-state index contributed by atoms with van der Waals surface area (Å²) in [4.78, 5) is 4.10. The van der Waals surface area contributed by atoms with Gasteiger partial charge in [0.25, 0.3) is 0 Å². The lowest BCUT2D eigenvalue weighted by Crippen LogP contribution is -2.19. The molecule has 1 heterocycles. The first kappa shape index (κ1) is 8.03. The van der Waals surface area contributed by atoms with Gasteiger partial charge in [-0.25, -0.2) is 4.98 Å². The molecule has 0 saturated heterocycles. The molecule has 0 spiro atoms. The lowest BCUT2D eigenvalue weighted by Gasteiger charge is -1.96. The Morgan fingerprint density at radius 3 is 2.92 bits per heavy atom. The average molecular weight is 185 g/mol. The number of thiazole rings is 1. The van der Waals surface area contributed by atoms with Gasteiger partial charge in [0.1, 0.15) is 0 Å². The molecule has 0 unspecified atom stereocenters. The molecule has 0 atom stereocenters. The van der Waals surface area contributed by atoms with Gasteiger partial charge in [0, 0.05) is 5.92 Å². The zero-order valence-electron chi connectivity index (χ0n) is 6.30. The van der Waals surface area contributed by atoms with Crippen LogP contribution in [-0.2, 0) is 0 Å². The molecule has 0 aromatic carbocycles. The minimum absolute atomic E-state index is 0.465. The van der Waals surface area contributed by atoms with Crippen molar-refractivity contribution in [2.75, 3.05) is 0 Å². The van der Waals surface area contributed by atoms with Crippen LogP contribution in [0.2, 0.25) is 0 Å². The zero-order valence-corrected chi connectivity index (χ0v) is 7.12. The van der Waals surface area contributed by atoms with Crippen LogP contribution in [0.1, 0.15) is 23.8 Å². The topological polar surface area (TPSA) is 62.6 Å². The van der Waals surface area contributed by atoms with Gasteiger partial charge in [-0.1, -0.05) is 11.3 Å². The molecule has 2 N–H and O–H groups in total. The Kier molecular flexibility index (Phi) is 2.04. The molecule has 6 heteroatoms. The predicted molar refractivity (Wildman–Crippen MR) is 44.9 cm³/mol. The second kappa shape index (κ2) is 3.04. The maximum absolute atomic E-state index is 8.48. The van der Waals surface area contributed by atoms with Crippen molar-refractivity contribution >= 4 is 18.7 Å². The number of hydrogen-bond acceptors (Lipinski definition) is 5. The molecule has 1 aliphatic carbocycles.